The molecule has 0 spiro atoms. The number of ether oxygens (including phenoxy) is 2. The van der Waals surface area contributed by atoms with Crippen molar-refractivity contribution in [3.05, 3.63) is 17.3 Å². The molecule has 106 valence electrons. The van der Waals surface area contributed by atoms with Crippen molar-refractivity contribution in [2.24, 2.45) is 5.73 Å². The summed E-state index contributed by atoms with van der Waals surface area (Å²) in [7, 11) is 1.09. The van der Waals surface area contributed by atoms with Crippen LogP contribution in [-0.4, -0.2) is 29.5 Å². The van der Waals surface area contributed by atoms with Crippen LogP contribution in [0.5, 0.6) is 11.6 Å². The Morgan fingerprint density at radius 1 is 1.53 bits per heavy atom. The number of pyridine rings is 1. The molecule has 0 aromatic carbocycles. The van der Waals surface area contributed by atoms with Crippen LogP contribution in [0.15, 0.2) is 6.07 Å². The monoisotopic (exact) mass is 280 g/mol. The fourth-order valence-electron chi connectivity index (χ4n) is 1.38. The lowest BCUT2D eigenvalue weighted by Crippen LogP contribution is -2.20. The van der Waals surface area contributed by atoms with Gasteiger partial charge in [-0.1, -0.05) is 0 Å². The summed E-state index contributed by atoms with van der Waals surface area (Å²) in [6.45, 7) is -0.0741. The normalized spacial score (nSPS) is 11.2. The van der Waals surface area contributed by atoms with Crippen LogP contribution in [0.4, 0.5) is 13.2 Å². The first-order chi connectivity index (χ1) is 8.76. The van der Waals surface area contributed by atoms with E-state index in [4.69, 9.17) is 10.8 Å². The van der Waals surface area contributed by atoms with Crippen molar-refractivity contribution >= 4 is 5.97 Å². The quantitative estimate of drug-likeness (QED) is 0.838. The van der Waals surface area contributed by atoms with Gasteiger partial charge < -0.3 is 20.3 Å². The van der Waals surface area contributed by atoms with Crippen molar-refractivity contribution in [3.8, 4) is 11.6 Å². The lowest BCUT2D eigenvalue weighted by Gasteiger charge is -2.16. The summed E-state index contributed by atoms with van der Waals surface area (Å²) in [4.78, 5) is 14.4. The van der Waals surface area contributed by atoms with E-state index in [1.807, 2.05) is 0 Å². The second-order valence-corrected chi connectivity index (χ2v) is 3.43. The molecule has 0 fully saturated rings. The van der Waals surface area contributed by atoms with Crippen LogP contribution in [-0.2, 0) is 17.8 Å². The highest BCUT2D eigenvalue weighted by Gasteiger charge is 2.34. The summed E-state index contributed by atoms with van der Waals surface area (Å²) in [6.07, 6.45) is -5.65. The van der Waals surface area contributed by atoms with E-state index in [0.29, 0.717) is 0 Å². The van der Waals surface area contributed by atoms with Crippen molar-refractivity contribution in [1.82, 2.24) is 4.98 Å². The first-order valence-electron chi connectivity index (χ1n) is 5.01. The maximum Gasteiger partial charge on any atom is 0.573 e. The number of nitrogens with two attached hydrogens (primary N) is 1. The van der Waals surface area contributed by atoms with Crippen molar-refractivity contribution in [1.29, 1.82) is 0 Å². The average molecular weight is 280 g/mol. The van der Waals surface area contributed by atoms with Crippen LogP contribution in [0, 0.1) is 0 Å². The molecule has 1 heterocycles. The minimum absolute atomic E-state index is 0.0741. The summed E-state index contributed by atoms with van der Waals surface area (Å²) < 4.78 is 45.3. The Morgan fingerprint density at radius 2 is 2.16 bits per heavy atom. The van der Waals surface area contributed by atoms with Gasteiger partial charge in [0.05, 0.1) is 19.2 Å². The van der Waals surface area contributed by atoms with Crippen LogP contribution in [0.1, 0.15) is 11.3 Å². The van der Waals surface area contributed by atoms with Gasteiger partial charge in [0.25, 0.3) is 5.88 Å². The zero-order valence-corrected chi connectivity index (χ0v) is 9.82. The number of aromatic nitrogens is 1. The zero-order valence-electron chi connectivity index (χ0n) is 9.82. The molecule has 0 aliphatic heterocycles. The highest BCUT2D eigenvalue weighted by atomic mass is 19.4. The smallest absolute Gasteiger partial charge is 0.481 e. The number of aliphatic carboxylic acids is 1. The van der Waals surface area contributed by atoms with Crippen LogP contribution >= 0.6 is 0 Å². The molecule has 0 radical (unpaired) electrons. The number of carboxylic acids is 1. The van der Waals surface area contributed by atoms with Gasteiger partial charge >= 0.3 is 12.3 Å². The number of hydrogen-bond acceptors (Lipinski definition) is 5. The molecule has 0 aliphatic rings. The lowest BCUT2D eigenvalue weighted by molar-refractivity contribution is -0.275. The number of nitrogens with zero attached hydrogens (tertiary/aromatic N) is 1. The third-order valence-corrected chi connectivity index (χ3v) is 2.03. The van der Waals surface area contributed by atoms with Crippen molar-refractivity contribution < 1.29 is 32.5 Å². The molecule has 0 amide bonds. The molecule has 19 heavy (non-hydrogen) atoms. The molecule has 1 aromatic heterocycles. The molecular weight excluding hydrogens is 269 g/mol. The Hall–Kier alpha value is -2.03. The standard InChI is InChI=1S/C10H11F3N2O4/c1-18-9-8(19-10(11,12)13)5(3-7(16)17)2-6(4-14)15-9/h2H,3-4,14H2,1H3,(H,16,17). The van der Waals surface area contributed by atoms with Gasteiger partial charge in [-0.3, -0.25) is 4.79 Å². The molecule has 3 N–H and O–H groups in total. The van der Waals surface area contributed by atoms with E-state index in [-0.39, 0.29) is 17.8 Å². The van der Waals surface area contributed by atoms with E-state index in [0.717, 1.165) is 13.2 Å². The fraction of sp³-hybridized carbons (Fsp3) is 0.400. The summed E-state index contributed by atoms with van der Waals surface area (Å²) in [5.41, 5.74) is 5.31. The molecule has 0 saturated carbocycles. The van der Waals surface area contributed by atoms with E-state index in [1.54, 1.807) is 0 Å². The first kappa shape index (κ1) is 15.0. The number of hydrogen-bond donors (Lipinski definition) is 2. The lowest BCUT2D eigenvalue weighted by atomic mass is 10.1. The van der Waals surface area contributed by atoms with E-state index in [1.165, 1.54) is 0 Å². The molecule has 0 atom stereocenters. The summed E-state index contributed by atoms with van der Waals surface area (Å²) in [5, 5.41) is 8.69. The molecule has 1 rings (SSSR count). The predicted molar refractivity (Wildman–Crippen MR) is 56.7 cm³/mol. The summed E-state index contributed by atoms with van der Waals surface area (Å²) >= 11 is 0. The number of alkyl halides is 3. The average Bonchev–Trinajstić information content (AvgIpc) is 2.28. The number of halogens is 3. The minimum Gasteiger partial charge on any atom is -0.481 e. The first-order valence-corrected chi connectivity index (χ1v) is 5.01. The van der Waals surface area contributed by atoms with Crippen molar-refractivity contribution in [2.45, 2.75) is 19.3 Å². The Balaban J connectivity index is 3.32. The second kappa shape index (κ2) is 5.74. The van der Waals surface area contributed by atoms with Crippen LogP contribution in [0.3, 0.4) is 0 Å². The highest BCUT2D eigenvalue weighted by Crippen LogP contribution is 2.35. The Morgan fingerprint density at radius 3 is 2.58 bits per heavy atom. The number of carboxylic acid groups (broad SMARTS) is 1. The molecule has 0 bridgehead atoms. The van der Waals surface area contributed by atoms with E-state index in [2.05, 4.69) is 14.5 Å². The Kier molecular flexibility index (Phi) is 4.54. The summed E-state index contributed by atoms with van der Waals surface area (Å²) in [5.74, 6) is -2.55. The third-order valence-electron chi connectivity index (χ3n) is 2.03. The molecule has 0 saturated heterocycles. The fourth-order valence-corrected chi connectivity index (χ4v) is 1.38. The van der Waals surface area contributed by atoms with Gasteiger partial charge in [-0.25, -0.2) is 4.98 Å². The molecule has 6 nitrogen and oxygen atoms in total. The molecule has 1 aromatic rings. The van der Waals surface area contributed by atoms with Gasteiger partial charge in [-0.2, -0.15) is 0 Å². The highest BCUT2D eigenvalue weighted by molar-refractivity contribution is 5.72. The molecule has 0 aliphatic carbocycles. The van der Waals surface area contributed by atoms with Gasteiger partial charge in [0.1, 0.15) is 0 Å². The molecule has 0 unspecified atom stereocenters. The SMILES string of the molecule is COc1nc(CN)cc(CC(=O)O)c1OC(F)(F)F. The van der Waals surface area contributed by atoms with E-state index < -0.39 is 30.4 Å². The van der Waals surface area contributed by atoms with E-state index >= 15 is 0 Å². The number of methoxy groups -OCH3 is 1. The van der Waals surface area contributed by atoms with Gasteiger partial charge in [0.15, 0.2) is 5.75 Å². The topological polar surface area (TPSA) is 94.7 Å². The minimum atomic E-state index is -4.98. The third kappa shape index (κ3) is 4.28. The number of rotatable bonds is 5. The zero-order chi connectivity index (χ0) is 14.6. The maximum atomic E-state index is 12.3. The predicted octanol–water partition coefficient (Wildman–Crippen LogP) is 1.07. The van der Waals surface area contributed by atoms with Crippen LogP contribution in [0.25, 0.3) is 0 Å². The number of carbonyl (C=O) groups is 1. The largest absolute Gasteiger partial charge is 0.573 e. The van der Waals surface area contributed by atoms with Crippen molar-refractivity contribution in [3.63, 3.8) is 0 Å². The van der Waals surface area contributed by atoms with Crippen molar-refractivity contribution in [2.75, 3.05) is 7.11 Å². The molecule has 9 heteroatoms. The maximum absolute atomic E-state index is 12.3. The van der Waals surface area contributed by atoms with Gasteiger partial charge in [-0.15, -0.1) is 13.2 Å². The second-order valence-electron chi connectivity index (χ2n) is 3.43. The van der Waals surface area contributed by atoms with Crippen LogP contribution in [0.2, 0.25) is 0 Å². The van der Waals surface area contributed by atoms with Crippen LogP contribution < -0.4 is 15.2 Å². The summed E-state index contributed by atoms with van der Waals surface area (Å²) in [6, 6.07) is 1.14. The Labute approximate surface area is 105 Å². The van der Waals surface area contributed by atoms with Gasteiger partial charge in [0.2, 0.25) is 0 Å². The van der Waals surface area contributed by atoms with E-state index in [9.17, 15) is 18.0 Å². The molecular formula is C10H11F3N2O4. The Bertz CT molecular complexity index is 477. The van der Waals surface area contributed by atoms with Gasteiger partial charge in [-0.05, 0) is 6.07 Å². The van der Waals surface area contributed by atoms with Gasteiger partial charge in [0, 0.05) is 12.1 Å².